The van der Waals surface area contributed by atoms with Crippen LogP contribution in [0.3, 0.4) is 0 Å². The molecule has 1 aliphatic rings. The molecule has 3 rings (SSSR count). The van der Waals surface area contributed by atoms with Crippen molar-refractivity contribution >= 4 is 23.5 Å². The van der Waals surface area contributed by atoms with Crippen molar-refractivity contribution in [2.24, 2.45) is 5.73 Å². The van der Waals surface area contributed by atoms with Crippen LogP contribution in [-0.2, 0) is 32.3 Å². The second kappa shape index (κ2) is 13.3. The van der Waals surface area contributed by atoms with E-state index in [9.17, 15) is 14.4 Å². The molecule has 37 heavy (non-hydrogen) atoms. The SMILES string of the molecule is CCCC1CCCCN1C(=O)Cn1cnc(NC(=O)[C@@H](COCc2ccccc2)NC(=O)C(C)(C)N)c1. The Morgan fingerprint density at radius 3 is 2.68 bits per heavy atom. The highest BCUT2D eigenvalue weighted by Crippen LogP contribution is 2.21. The van der Waals surface area contributed by atoms with Gasteiger partial charge in [-0.2, -0.15) is 0 Å². The molecule has 2 aromatic rings. The first kappa shape index (κ1) is 28.3. The summed E-state index contributed by atoms with van der Waals surface area (Å²) in [5, 5.41) is 5.38. The maximum absolute atomic E-state index is 13.0. The Morgan fingerprint density at radius 2 is 1.97 bits per heavy atom. The van der Waals surface area contributed by atoms with Crippen LogP contribution in [0.4, 0.5) is 5.82 Å². The molecule has 1 unspecified atom stereocenters. The van der Waals surface area contributed by atoms with Gasteiger partial charge in [0, 0.05) is 18.8 Å². The highest BCUT2D eigenvalue weighted by molar-refractivity contribution is 5.98. The fraction of sp³-hybridized carbons (Fsp3) is 0.556. The van der Waals surface area contributed by atoms with Crippen molar-refractivity contribution in [2.75, 3.05) is 18.5 Å². The van der Waals surface area contributed by atoms with Crippen LogP contribution in [0.1, 0.15) is 58.4 Å². The Hall–Kier alpha value is -3.24. The minimum atomic E-state index is -1.16. The molecule has 2 heterocycles. The van der Waals surface area contributed by atoms with E-state index >= 15 is 0 Å². The van der Waals surface area contributed by atoms with Gasteiger partial charge in [0.05, 0.1) is 25.1 Å². The number of imidazole rings is 1. The van der Waals surface area contributed by atoms with E-state index in [0.717, 1.165) is 44.2 Å². The fourth-order valence-corrected chi connectivity index (χ4v) is 4.33. The van der Waals surface area contributed by atoms with Gasteiger partial charge in [-0.3, -0.25) is 14.4 Å². The van der Waals surface area contributed by atoms with Crippen molar-refractivity contribution < 1.29 is 19.1 Å². The van der Waals surface area contributed by atoms with Gasteiger partial charge in [-0.05, 0) is 45.1 Å². The minimum absolute atomic E-state index is 0.0461. The van der Waals surface area contributed by atoms with Gasteiger partial charge in [-0.25, -0.2) is 4.98 Å². The molecule has 1 aliphatic heterocycles. The van der Waals surface area contributed by atoms with Crippen LogP contribution < -0.4 is 16.4 Å². The number of rotatable bonds is 12. The smallest absolute Gasteiger partial charge is 0.250 e. The molecule has 1 aromatic heterocycles. The number of nitrogens with zero attached hydrogens (tertiary/aromatic N) is 3. The molecule has 0 aliphatic carbocycles. The van der Waals surface area contributed by atoms with Crippen LogP contribution in [0.25, 0.3) is 0 Å². The van der Waals surface area contributed by atoms with Gasteiger partial charge in [0.2, 0.25) is 11.8 Å². The molecule has 0 bridgehead atoms. The number of aromatic nitrogens is 2. The quantitative estimate of drug-likeness (QED) is 0.400. The van der Waals surface area contributed by atoms with E-state index in [1.165, 1.54) is 6.33 Å². The van der Waals surface area contributed by atoms with E-state index in [4.69, 9.17) is 10.5 Å². The van der Waals surface area contributed by atoms with Gasteiger partial charge in [-0.15, -0.1) is 0 Å². The minimum Gasteiger partial charge on any atom is -0.374 e. The number of nitrogens with two attached hydrogens (primary N) is 1. The van der Waals surface area contributed by atoms with Crippen molar-refractivity contribution in [1.29, 1.82) is 0 Å². The Bertz CT molecular complexity index is 1030. The number of hydrogen-bond acceptors (Lipinski definition) is 6. The predicted molar refractivity (Wildman–Crippen MR) is 141 cm³/mol. The van der Waals surface area contributed by atoms with Gasteiger partial charge in [0.1, 0.15) is 12.6 Å². The van der Waals surface area contributed by atoms with E-state index in [1.807, 2.05) is 35.2 Å². The zero-order valence-corrected chi connectivity index (χ0v) is 22.1. The molecule has 10 nitrogen and oxygen atoms in total. The van der Waals surface area contributed by atoms with E-state index in [1.54, 1.807) is 24.6 Å². The van der Waals surface area contributed by atoms with Crippen LogP contribution in [0.15, 0.2) is 42.9 Å². The van der Waals surface area contributed by atoms with Crippen molar-refractivity contribution in [1.82, 2.24) is 19.8 Å². The summed E-state index contributed by atoms with van der Waals surface area (Å²) >= 11 is 0. The lowest BCUT2D eigenvalue weighted by molar-refractivity contribution is -0.135. The van der Waals surface area contributed by atoms with Crippen LogP contribution in [0, 0.1) is 0 Å². The second-order valence-corrected chi connectivity index (χ2v) is 10.2. The Kier molecular flexibility index (Phi) is 10.2. The first-order valence-electron chi connectivity index (χ1n) is 13.0. The van der Waals surface area contributed by atoms with Crippen LogP contribution in [0.5, 0.6) is 0 Å². The van der Waals surface area contributed by atoms with Gasteiger partial charge in [-0.1, -0.05) is 43.7 Å². The molecule has 0 spiro atoms. The molecular formula is C27H40N6O4. The maximum Gasteiger partial charge on any atom is 0.250 e. The third kappa shape index (κ3) is 8.68. The molecule has 1 saturated heterocycles. The number of carbonyl (C=O) groups excluding carboxylic acids is 3. The predicted octanol–water partition coefficient (Wildman–Crippen LogP) is 2.44. The van der Waals surface area contributed by atoms with Crippen LogP contribution in [0.2, 0.25) is 0 Å². The van der Waals surface area contributed by atoms with E-state index in [-0.39, 0.29) is 24.9 Å². The summed E-state index contributed by atoms with van der Waals surface area (Å²) in [4.78, 5) is 44.7. The number of carbonyl (C=O) groups is 3. The molecule has 0 radical (unpaired) electrons. The standard InChI is InChI=1S/C27H40N6O4/c1-4-10-21-13-8-9-14-33(21)24(34)16-32-15-23(29-19-32)31-25(35)22(30-26(36)27(2,3)28)18-37-17-20-11-6-5-7-12-20/h5-7,11-12,15,19,21-22H,4,8-10,13-14,16-18,28H2,1-3H3,(H,30,36)(H,31,35)/t21?,22-/m1/s1. The summed E-state index contributed by atoms with van der Waals surface area (Å²) in [6.07, 6.45) is 8.42. The highest BCUT2D eigenvalue weighted by atomic mass is 16.5. The van der Waals surface area contributed by atoms with Gasteiger partial charge in [0.25, 0.3) is 5.91 Å². The Balaban J connectivity index is 1.60. The number of ether oxygens (including phenoxy) is 1. The number of piperidine rings is 1. The van der Waals surface area contributed by atoms with E-state index in [2.05, 4.69) is 22.5 Å². The molecule has 1 fully saturated rings. The summed E-state index contributed by atoms with van der Waals surface area (Å²) in [7, 11) is 0. The second-order valence-electron chi connectivity index (χ2n) is 10.2. The number of likely N-dealkylation sites (tertiary alicyclic amines) is 1. The number of anilines is 1. The Morgan fingerprint density at radius 1 is 1.22 bits per heavy atom. The molecule has 202 valence electrons. The monoisotopic (exact) mass is 512 g/mol. The van der Waals surface area contributed by atoms with Gasteiger partial charge >= 0.3 is 0 Å². The van der Waals surface area contributed by atoms with Crippen molar-refractivity contribution in [3.05, 3.63) is 48.4 Å². The third-order valence-corrected chi connectivity index (χ3v) is 6.37. The molecule has 3 amide bonds. The number of amides is 3. The normalized spacial score (nSPS) is 16.8. The first-order chi connectivity index (χ1) is 17.7. The molecule has 2 atom stereocenters. The lowest BCUT2D eigenvalue weighted by atomic mass is 9.98. The van der Waals surface area contributed by atoms with Crippen LogP contribution in [-0.4, -0.2) is 62.9 Å². The lowest BCUT2D eigenvalue weighted by Gasteiger charge is -2.35. The van der Waals surface area contributed by atoms with Gasteiger partial charge in [0.15, 0.2) is 5.82 Å². The third-order valence-electron chi connectivity index (χ3n) is 6.37. The molecule has 0 saturated carbocycles. The zero-order chi connectivity index (χ0) is 26.8. The van der Waals surface area contributed by atoms with E-state index < -0.39 is 23.4 Å². The van der Waals surface area contributed by atoms with Crippen molar-refractivity contribution in [3.63, 3.8) is 0 Å². The average molecular weight is 513 g/mol. The molecule has 4 N–H and O–H groups in total. The zero-order valence-electron chi connectivity index (χ0n) is 22.1. The molecular weight excluding hydrogens is 472 g/mol. The number of benzene rings is 1. The largest absolute Gasteiger partial charge is 0.374 e. The van der Waals surface area contributed by atoms with Crippen molar-refractivity contribution in [3.8, 4) is 0 Å². The van der Waals surface area contributed by atoms with Gasteiger partial charge < -0.3 is 30.6 Å². The summed E-state index contributed by atoms with van der Waals surface area (Å²) in [6, 6.07) is 8.86. The fourth-order valence-electron chi connectivity index (χ4n) is 4.33. The average Bonchev–Trinajstić information content (AvgIpc) is 3.30. The molecule has 10 heteroatoms. The number of hydrogen-bond donors (Lipinski definition) is 3. The summed E-state index contributed by atoms with van der Waals surface area (Å²) < 4.78 is 7.38. The highest BCUT2D eigenvalue weighted by Gasteiger charge is 2.29. The van der Waals surface area contributed by atoms with Crippen LogP contribution >= 0.6 is 0 Å². The summed E-state index contributed by atoms with van der Waals surface area (Å²) in [5.41, 5.74) is 5.69. The molecule has 1 aromatic carbocycles. The maximum atomic E-state index is 13.0. The summed E-state index contributed by atoms with van der Waals surface area (Å²) in [5.74, 6) is -0.620. The Labute approximate surface area is 218 Å². The first-order valence-corrected chi connectivity index (χ1v) is 13.0. The lowest BCUT2D eigenvalue weighted by Crippen LogP contribution is -2.56. The topological polar surface area (TPSA) is 132 Å². The number of nitrogens with one attached hydrogen (secondary N) is 2. The summed E-state index contributed by atoms with van der Waals surface area (Å²) in [6.45, 7) is 6.45. The van der Waals surface area contributed by atoms with Crippen molar-refractivity contribution in [2.45, 2.75) is 83.6 Å². The van der Waals surface area contributed by atoms with E-state index in [0.29, 0.717) is 12.6 Å².